The second-order valence-corrected chi connectivity index (χ2v) is 4.66. The molecule has 1 aromatic rings. The number of anilines is 1. The molecule has 0 aliphatic rings. The van der Waals surface area contributed by atoms with Crippen LogP contribution >= 0.6 is 0 Å². The first-order valence-corrected chi connectivity index (χ1v) is 7.35. The highest BCUT2D eigenvalue weighted by atomic mass is 15.1. The van der Waals surface area contributed by atoms with E-state index in [1.807, 2.05) is 0 Å². The Morgan fingerprint density at radius 2 is 1.83 bits per heavy atom. The average molecular weight is 248 g/mol. The summed E-state index contributed by atoms with van der Waals surface area (Å²) in [6.45, 7) is 12.1. The van der Waals surface area contributed by atoms with Crippen molar-refractivity contribution in [3.8, 4) is 0 Å². The number of hydrogen-bond acceptors (Lipinski definition) is 2. The van der Waals surface area contributed by atoms with E-state index in [2.05, 4.69) is 62.2 Å². The number of hydrogen-bond donors (Lipinski definition) is 1. The SMILES string of the molecule is CCCN(CC)c1ccccc1C(CC)NCC. The van der Waals surface area contributed by atoms with E-state index in [0.717, 1.165) is 26.1 Å². The predicted molar refractivity (Wildman–Crippen MR) is 81.3 cm³/mol. The summed E-state index contributed by atoms with van der Waals surface area (Å²) in [6, 6.07) is 9.30. The van der Waals surface area contributed by atoms with Crippen molar-refractivity contribution in [3.63, 3.8) is 0 Å². The van der Waals surface area contributed by atoms with Crippen LogP contribution in [0.3, 0.4) is 0 Å². The molecule has 0 bridgehead atoms. The lowest BCUT2D eigenvalue weighted by molar-refractivity contribution is 0.536. The Kier molecular flexibility index (Phi) is 6.81. The largest absolute Gasteiger partial charge is 0.372 e. The molecule has 0 spiro atoms. The fourth-order valence-corrected chi connectivity index (χ4v) is 2.51. The monoisotopic (exact) mass is 248 g/mol. The lowest BCUT2D eigenvalue weighted by Gasteiger charge is -2.28. The molecule has 1 aromatic carbocycles. The van der Waals surface area contributed by atoms with E-state index < -0.39 is 0 Å². The molecule has 0 fully saturated rings. The van der Waals surface area contributed by atoms with Crippen molar-refractivity contribution < 1.29 is 0 Å². The Bertz CT molecular complexity index is 303. The van der Waals surface area contributed by atoms with Gasteiger partial charge in [-0.2, -0.15) is 0 Å². The topological polar surface area (TPSA) is 15.3 Å². The van der Waals surface area contributed by atoms with Crippen LogP contribution in [-0.2, 0) is 0 Å². The van der Waals surface area contributed by atoms with Crippen LogP contribution in [0.2, 0.25) is 0 Å². The Hall–Kier alpha value is -1.02. The third kappa shape index (κ3) is 3.74. The van der Waals surface area contributed by atoms with Crippen LogP contribution < -0.4 is 10.2 Å². The lowest BCUT2D eigenvalue weighted by Crippen LogP contribution is -2.28. The van der Waals surface area contributed by atoms with Crippen LogP contribution in [0.5, 0.6) is 0 Å². The highest BCUT2D eigenvalue weighted by molar-refractivity contribution is 5.55. The maximum absolute atomic E-state index is 3.58. The first kappa shape index (κ1) is 15.0. The minimum atomic E-state index is 0.470. The van der Waals surface area contributed by atoms with Gasteiger partial charge in [0, 0.05) is 24.8 Å². The van der Waals surface area contributed by atoms with Gasteiger partial charge in [-0.3, -0.25) is 0 Å². The first-order chi connectivity index (χ1) is 8.78. The Balaban J connectivity index is 3.03. The second kappa shape index (κ2) is 8.15. The molecule has 1 N–H and O–H groups in total. The van der Waals surface area contributed by atoms with Gasteiger partial charge < -0.3 is 10.2 Å². The fraction of sp³-hybridized carbons (Fsp3) is 0.625. The molecule has 102 valence electrons. The maximum atomic E-state index is 3.58. The standard InChI is InChI=1S/C16H28N2/c1-5-13-18(8-4)16-12-10-9-11-14(16)15(6-2)17-7-3/h9-12,15,17H,5-8,13H2,1-4H3. The molecule has 0 radical (unpaired) electrons. The van der Waals surface area contributed by atoms with Gasteiger partial charge in [0.05, 0.1) is 0 Å². The molecule has 1 rings (SSSR count). The van der Waals surface area contributed by atoms with Gasteiger partial charge in [0.1, 0.15) is 0 Å². The van der Waals surface area contributed by atoms with Crippen molar-refractivity contribution in [1.29, 1.82) is 0 Å². The quantitative estimate of drug-likeness (QED) is 0.748. The highest BCUT2D eigenvalue weighted by Gasteiger charge is 2.15. The molecule has 2 heteroatoms. The van der Waals surface area contributed by atoms with Crippen molar-refractivity contribution in [2.45, 2.75) is 46.6 Å². The first-order valence-electron chi connectivity index (χ1n) is 7.35. The number of rotatable bonds is 8. The molecule has 2 nitrogen and oxygen atoms in total. The third-order valence-corrected chi connectivity index (χ3v) is 3.39. The zero-order chi connectivity index (χ0) is 13.4. The smallest absolute Gasteiger partial charge is 0.0414 e. The Labute approximate surface area is 112 Å². The summed E-state index contributed by atoms with van der Waals surface area (Å²) in [4.78, 5) is 2.48. The highest BCUT2D eigenvalue weighted by Crippen LogP contribution is 2.28. The fourth-order valence-electron chi connectivity index (χ4n) is 2.51. The second-order valence-electron chi connectivity index (χ2n) is 4.66. The van der Waals surface area contributed by atoms with Gasteiger partial charge in [0.15, 0.2) is 0 Å². The van der Waals surface area contributed by atoms with Gasteiger partial charge in [0.25, 0.3) is 0 Å². The van der Waals surface area contributed by atoms with Gasteiger partial charge in [-0.15, -0.1) is 0 Å². The Morgan fingerprint density at radius 1 is 1.11 bits per heavy atom. The maximum Gasteiger partial charge on any atom is 0.0414 e. The predicted octanol–water partition coefficient (Wildman–Crippen LogP) is 3.98. The van der Waals surface area contributed by atoms with Gasteiger partial charge in [-0.25, -0.2) is 0 Å². The van der Waals surface area contributed by atoms with Crippen molar-refractivity contribution in [3.05, 3.63) is 29.8 Å². The zero-order valence-corrected chi connectivity index (χ0v) is 12.4. The average Bonchev–Trinajstić information content (AvgIpc) is 2.42. The molecule has 0 saturated carbocycles. The zero-order valence-electron chi connectivity index (χ0n) is 12.4. The molecule has 1 atom stereocenters. The van der Waals surface area contributed by atoms with E-state index in [9.17, 15) is 0 Å². The third-order valence-electron chi connectivity index (χ3n) is 3.39. The van der Waals surface area contributed by atoms with Crippen LogP contribution in [0, 0.1) is 0 Å². The molecule has 18 heavy (non-hydrogen) atoms. The van der Waals surface area contributed by atoms with E-state index in [0.29, 0.717) is 6.04 Å². The van der Waals surface area contributed by atoms with Crippen LogP contribution in [0.25, 0.3) is 0 Å². The van der Waals surface area contributed by atoms with Crippen LogP contribution in [0.1, 0.15) is 52.1 Å². The van der Waals surface area contributed by atoms with E-state index in [-0.39, 0.29) is 0 Å². The van der Waals surface area contributed by atoms with Gasteiger partial charge >= 0.3 is 0 Å². The van der Waals surface area contributed by atoms with Crippen molar-refractivity contribution in [2.24, 2.45) is 0 Å². The van der Waals surface area contributed by atoms with Crippen LogP contribution in [0.15, 0.2) is 24.3 Å². The molecular weight excluding hydrogens is 220 g/mol. The molecule has 0 saturated heterocycles. The molecular formula is C16H28N2. The van der Waals surface area contributed by atoms with E-state index in [4.69, 9.17) is 0 Å². The van der Waals surface area contributed by atoms with E-state index >= 15 is 0 Å². The summed E-state index contributed by atoms with van der Waals surface area (Å²) >= 11 is 0. The summed E-state index contributed by atoms with van der Waals surface area (Å²) in [5, 5.41) is 3.58. The lowest BCUT2D eigenvalue weighted by atomic mass is 10.0. The summed E-state index contributed by atoms with van der Waals surface area (Å²) in [5.74, 6) is 0. The van der Waals surface area contributed by atoms with Gasteiger partial charge in [-0.05, 0) is 37.9 Å². The number of benzene rings is 1. The number of para-hydroxylation sites is 1. The normalized spacial score (nSPS) is 12.4. The van der Waals surface area contributed by atoms with E-state index in [1.54, 1.807) is 0 Å². The summed E-state index contributed by atoms with van der Waals surface area (Å²) in [6.07, 6.45) is 2.33. The van der Waals surface area contributed by atoms with Crippen molar-refractivity contribution in [2.75, 3.05) is 24.5 Å². The molecule has 0 amide bonds. The Morgan fingerprint density at radius 3 is 2.39 bits per heavy atom. The molecule has 0 aromatic heterocycles. The summed E-state index contributed by atoms with van der Waals surface area (Å²) in [5.41, 5.74) is 2.84. The van der Waals surface area contributed by atoms with Crippen LogP contribution in [0.4, 0.5) is 5.69 Å². The number of nitrogens with zero attached hydrogens (tertiary/aromatic N) is 1. The minimum Gasteiger partial charge on any atom is -0.372 e. The molecule has 1 unspecified atom stereocenters. The van der Waals surface area contributed by atoms with E-state index in [1.165, 1.54) is 17.7 Å². The van der Waals surface area contributed by atoms with Crippen molar-refractivity contribution in [1.82, 2.24) is 5.32 Å². The summed E-state index contributed by atoms with van der Waals surface area (Å²) < 4.78 is 0. The minimum absolute atomic E-state index is 0.470. The molecule has 0 heterocycles. The van der Waals surface area contributed by atoms with Crippen LogP contribution in [-0.4, -0.2) is 19.6 Å². The van der Waals surface area contributed by atoms with Gasteiger partial charge in [0.2, 0.25) is 0 Å². The summed E-state index contributed by atoms with van der Waals surface area (Å²) in [7, 11) is 0. The molecule has 0 aliphatic heterocycles. The van der Waals surface area contributed by atoms with Gasteiger partial charge in [-0.1, -0.05) is 39.0 Å². The molecule has 0 aliphatic carbocycles. The number of nitrogens with one attached hydrogen (secondary N) is 1. The van der Waals surface area contributed by atoms with Crippen molar-refractivity contribution >= 4 is 5.69 Å².